The Morgan fingerprint density at radius 1 is 1.10 bits per heavy atom. The van der Waals surface area contributed by atoms with Crippen LogP contribution in [0.3, 0.4) is 0 Å². The molecule has 0 aliphatic rings. The van der Waals surface area contributed by atoms with Crippen LogP contribution in [0.4, 0.5) is 18.9 Å². The van der Waals surface area contributed by atoms with Gasteiger partial charge in [0.25, 0.3) is 5.91 Å². The number of methoxy groups -OCH3 is 1. The Balaban J connectivity index is 1.67. The second-order valence-electron chi connectivity index (χ2n) is 7.04. The highest BCUT2D eigenvalue weighted by Gasteiger charge is 2.31. The van der Waals surface area contributed by atoms with Crippen molar-refractivity contribution in [2.45, 2.75) is 13.1 Å². The first-order valence-corrected chi connectivity index (χ1v) is 9.37. The third kappa shape index (κ3) is 4.23. The lowest BCUT2D eigenvalue weighted by molar-refractivity contribution is -0.137. The maximum Gasteiger partial charge on any atom is 0.416 e. The Morgan fingerprint density at radius 3 is 2.65 bits per heavy atom. The number of hydrogen-bond acceptors (Lipinski definition) is 3. The van der Waals surface area contributed by atoms with Gasteiger partial charge in [0, 0.05) is 23.5 Å². The fourth-order valence-corrected chi connectivity index (χ4v) is 3.22. The van der Waals surface area contributed by atoms with E-state index >= 15 is 0 Å². The summed E-state index contributed by atoms with van der Waals surface area (Å²) in [6.07, 6.45) is -0.772. The summed E-state index contributed by atoms with van der Waals surface area (Å²) in [5.74, 6) is -0.295. The van der Waals surface area contributed by atoms with Crippen LogP contribution in [-0.4, -0.2) is 22.4 Å². The summed E-state index contributed by atoms with van der Waals surface area (Å²) >= 11 is 0. The van der Waals surface area contributed by atoms with Gasteiger partial charge in [-0.1, -0.05) is 6.07 Å². The van der Waals surface area contributed by atoms with Gasteiger partial charge in [0.1, 0.15) is 11.4 Å². The SMILES string of the molecule is COc1ccc(-c2cn3ccc(C)cc3n2)cc1NC(=O)c1cccc(C(F)(F)F)c1. The van der Waals surface area contributed by atoms with Gasteiger partial charge < -0.3 is 14.5 Å². The third-order valence-corrected chi connectivity index (χ3v) is 4.81. The second kappa shape index (κ2) is 7.79. The van der Waals surface area contributed by atoms with Gasteiger partial charge in [0.2, 0.25) is 0 Å². The van der Waals surface area contributed by atoms with E-state index < -0.39 is 17.6 Å². The van der Waals surface area contributed by atoms with E-state index in [1.54, 1.807) is 18.2 Å². The number of hydrogen-bond donors (Lipinski definition) is 1. The normalized spacial score (nSPS) is 11.5. The Hall–Kier alpha value is -3.81. The minimum absolute atomic E-state index is 0.106. The molecule has 2 aromatic carbocycles. The van der Waals surface area contributed by atoms with Crippen LogP contribution in [0, 0.1) is 6.92 Å². The van der Waals surface area contributed by atoms with Gasteiger partial charge in [-0.2, -0.15) is 13.2 Å². The zero-order valence-corrected chi connectivity index (χ0v) is 16.7. The molecule has 0 spiro atoms. The van der Waals surface area contributed by atoms with Crippen LogP contribution in [0.1, 0.15) is 21.5 Å². The lowest BCUT2D eigenvalue weighted by atomic mass is 10.1. The number of imidazole rings is 1. The highest BCUT2D eigenvalue weighted by Crippen LogP contribution is 2.32. The lowest BCUT2D eigenvalue weighted by Gasteiger charge is -2.13. The Kier molecular flexibility index (Phi) is 5.14. The first-order valence-electron chi connectivity index (χ1n) is 9.37. The van der Waals surface area contributed by atoms with E-state index in [1.807, 2.05) is 35.9 Å². The van der Waals surface area contributed by atoms with Crippen LogP contribution in [0.2, 0.25) is 0 Å². The molecule has 31 heavy (non-hydrogen) atoms. The molecule has 1 N–H and O–H groups in total. The smallest absolute Gasteiger partial charge is 0.416 e. The van der Waals surface area contributed by atoms with Crippen LogP contribution < -0.4 is 10.1 Å². The van der Waals surface area contributed by atoms with Crippen molar-refractivity contribution in [1.29, 1.82) is 0 Å². The minimum atomic E-state index is -4.53. The molecule has 1 amide bonds. The van der Waals surface area contributed by atoms with Crippen LogP contribution in [-0.2, 0) is 6.18 Å². The average Bonchev–Trinajstić information content (AvgIpc) is 3.16. The number of carbonyl (C=O) groups excluding carboxylic acids is 1. The number of fused-ring (bicyclic) bond motifs is 1. The molecule has 5 nitrogen and oxygen atoms in total. The van der Waals surface area contributed by atoms with Gasteiger partial charge in [-0.15, -0.1) is 0 Å². The molecule has 2 heterocycles. The van der Waals surface area contributed by atoms with Crippen LogP contribution in [0.5, 0.6) is 5.75 Å². The van der Waals surface area contributed by atoms with E-state index in [0.29, 0.717) is 17.1 Å². The predicted molar refractivity (Wildman–Crippen MR) is 111 cm³/mol. The summed E-state index contributed by atoms with van der Waals surface area (Å²) in [7, 11) is 1.45. The number of alkyl halides is 3. The molecule has 0 bridgehead atoms. The molecule has 0 saturated heterocycles. The van der Waals surface area contributed by atoms with E-state index in [2.05, 4.69) is 10.3 Å². The second-order valence-corrected chi connectivity index (χ2v) is 7.04. The molecule has 8 heteroatoms. The first kappa shape index (κ1) is 20.5. The zero-order valence-electron chi connectivity index (χ0n) is 16.7. The van der Waals surface area contributed by atoms with Gasteiger partial charge >= 0.3 is 6.18 Å². The highest BCUT2D eigenvalue weighted by atomic mass is 19.4. The number of aromatic nitrogens is 2. The minimum Gasteiger partial charge on any atom is -0.495 e. The highest BCUT2D eigenvalue weighted by molar-refractivity contribution is 6.05. The number of carbonyl (C=O) groups is 1. The summed E-state index contributed by atoms with van der Waals surface area (Å²) in [6.45, 7) is 1.98. The van der Waals surface area contributed by atoms with E-state index in [4.69, 9.17) is 4.74 Å². The molecule has 4 rings (SSSR count). The number of benzene rings is 2. The topological polar surface area (TPSA) is 55.6 Å². The fraction of sp³-hybridized carbons (Fsp3) is 0.130. The Bertz CT molecular complexity index is 1280. The van der Waals surface area contributed by atoms with Crippen molar-refractivity contribution in [2.24, 2.45) is 0 Å². The average molecular weight is 425 g/mol. The van der Waals surface area contributed by atoms with E-state index in [1.165, 1.54) is 19.2 Å². The molecule has 0 fully saturated rings. The van der Waals surface area contributed by atoms with Crippen molar-refractivity contribution in [3.8, 4) is 17.0 Å². The largest absolute Gasteiger partial charge is 0.495 e. The van der Waals surface area contributed by atoms with Gasteiger partial charge in [-0.05, 0) is 61.0 Å². The molecule has 4 aromatic rings. The molecular formula is C23H18F3N3O2. The molecular weight excluding hydrogens is 407 g/mol. The number of aryl methyl sites for hydroxylation is 1. The molecule has 0 saturated carbocycles. The van der Waals surface area contributed by atoms with Gasteiger partial charge in [0.05, 0.1) is 24.1 Å². The van der Waals surface area contributed by atoms with Crippen molar-refractivity contribution in [3.05, 3.63) is 83.7 Å². The zero-order chi connectivity index (χ0) is 22.2. The molecule has 2 aromatic heterocycles. The number of nitrogens with zero attached hydrogens (tertiary/aromatic N) is 2. The van der Waals surface area contributed by atoms with E-state index in [9.17, 15) is 18.0 Å². The van der Waals surface area contributed by atoms with Crippen molar-refractivity contribution in [3.63, 3.8) is 0 Å². The number of rotatable bonds is 4. The monoisotopic (exact) mass is 425 g/mol. The number of halogens is 3. The van der Waals surface area contributed by atoms with Crippen LogP contribution >= 0.6 is 0 Å². The predicted octanol–water partition coefficient (Wildman–Crippen LogP) is 5.59. The molecule has 0 radical (unpaired) electrons. The number of nitrogens with one attached hydrogen (secondary N) is 1. The standard InChI is InChI=1S/C23H18F3N3O2/c1-14-8-9-29-13-19(27-21(29)10-14)15-6-7-20(31-2)18(12-15)28-22(30)16-4-3-5-17(11-16)23(24,25)26/h3-13H,1-2H3,(H,28,30). The summed E-state index contributed by atoms with van der Waals surface area (Å²) in [6, 6.07) is 13.3. The number of anilines is 1. The Labute approximate surface area is 176 Å². The van der Waals surface area contributed by atoms with Crippen molar-refractivity contribution < 1.29 is 22.7 Å². The van der Waals surface area contributed by atoms with Gasteiger partial charge in [0.15, 0.2) is 0 Å². The molecule has 0 aliphatic carbocycles. The summed E-state index contributed by atoms with van der Waals surface area (Å²) in [4.78, 5) is 17.2. The molecule has 0 unspecified atom stereocenters. The van der Waals surface area contributed by atoms with E-state index in [0.717, 1.165) is 28.9 Å². The third-order valence-electron chi connectivity index (χ3n) is 4.81. The van der Waals surface area contributed by atoms with Crippen LogP contribution in [0.25, 0.3) is 16.9 Å². The number of pyridine rings is 1. The maximum absolute atomic E-state index is 13.0. The number of ether oxygens (including phenoxy) is 1. The van der Waals surface area contributed by atoms with Crippen LogP contribution in [0.15, 0.2) is 67.0 Å². The maximum atomic E-state index is 13.0. The van der Waals surface area contributed by atoms with E-state index in [-0.39, 0.29) is 5.56 Å². The first-order chi connectivity index (χ1) is 14.7. The lowest BCUT2D eigenvalue weighted by Crippen LogP contribution is -2.14. The summed E-state index contributed by atoms with van der Waals surface area (Å²) in [5, 5.41) is 2.64. The number of amides is 1. The summed E-state index contributed by atoms with van der Waals surface area (Å²) in [5.41, 5.74) is 2.60. The van der Waals surface area contributed by atoms with Crippen molar-refractivity contribution in [2.75, 3.05) is 12.4 Å². The fourth-order valence-electron chi connectivity index (χ4n) is 3.22. The van der Waals surface area contributed by atoms with Gasteiger partial charge in [-0.25, -0.2) is 4.98 Å². The van der Waals surface area contributed by atoms with Gasteiger partial charge in [-0.3, -0.25) is 4.79 Å². The summed E-state index contributed by atoms with van der Waals surface area (Å²) < 4.78 is 46.1. The van der Waals surface area contributed by atoms with Crippen molar-refractivity contribution in [1.82, 2.24) is 9.38 Å². The Morgan fingerprint density at radius 2 is 1.90 bits per heavy atom. The molecule has 158 valence electrons. The quantitative estimate of drug-likeness (QED) is 0.464. The van der Waals surface area contributed by atoms with Crippen molar-refractivity contribution >= 4 is 17.2 Å². The molecule has 0 atom stereocenters. The molecule has 0 aliphatic heterocycles.